The van der Waals surface area contributed by atoms with E-state index in [2.05, 4.69) is 32.9 Å². The minimum Gasteiger partial charge on any atom is -0.481 e. The number of hydrogen-bond donors (Lipinski definition) is 1. The standard InChI is InChI=1S/C14H20O2/c1-4-6-12(9-14(15)16)13-8-5-7-10(2)11(13)3/h5,7-8,12H,4,6,9H2,1-3H3,(H,15,16). The number of carbonyl (C=O) groups is 1. The molecule has 0 amide bonds. The second-order valence-corrected chi connectivity index (χ2v) is 4.37. The molecule has 0 heterocycles. The molecule has 0 aliphatic heterocycles. The Labute approximate surface area is 97.3 Å². The summed E-state index contributed by atoms with van der Waals surface area (Å²) in [5.74, 6) is -0.554. The number of aryl methyl sites for hydroxylation is 1. The van der Waals surface area contributed by atoms with E-state index in [0.717, 1.165) is 12.8 Å². The smallest absolute Gasteiger partial charge is 0.303 e. The highest BCUT2D eigenvalue weighted by molar-refractivity contribution is 5.68. The molecule has 1 unspecified atom stereocenters. The zero-order valence-electron chi connectivity index (χ0n) is 10.3. The van der Waals surface area contributed by atoms with E-state index in [9.17, 15) is 4.79 Å². The van der Waals surface area contributed by atoms with Crippen LogP contribution >= 0.6 is 0 Å². The second-order valence-electron chi connectivity index (χ2n) is 4.37. The van der Waals surface area contributed by atoms with Crippen molar-refractivity contribution in [3.63, 3.8) is 0 Å². The maximum atomic E-state index is 10.9. The van der Waals surface area contributed by atoms with E-state index >= 15 is 0 Å². The van der Waals surface area contributed by atoms with Gasteiger partial charge in [-0.3, -0.25) is 4.79 Å². The van der Waals surface area contributed by atoms with Crippen LogP contribution in [-0.2, 0) is 4.79 Å². The fourth-order valence-electron chi connectivity index (χ4n) is 2.14. The first-order valence-electron chi connectivity index (χ1n) is 5.84. The number of benzene rings is 1. The summed E-state index contributed by atoms with van der Waals surface area (Å²) in [5, 5.41) is 8.93. The molecule has 0 radical (unpaired) electrons. The molecule has 88 valence electrons. The molecule has 0 aliphatic rings. The van der Waals surface area contributed by atoms with E-state index in [1.165, 1.54) is 16.7 Å². The third-order valence-corrected chi connectivity index (χ3v) is 3.14. The van der Waals surface area contributed by atoms with Gasteiger partial charge < -0.3 is 5.11 Å². The van der Waals surface area contributed by atoms with Gasteiger partial charge in [-0.15, -0.1) is 0 Å². The molecule has 2 nitrogen and oxygen atoms in total. The van der Waals surface area contributed by atoms with Crippen molar-refractivity contribution in [2.45, 2.75) is 46.0 Å². The van der Waals surface area contributed by atoms with E-state index in [1.54, 1.807) is 0 Å². The average Bonchev–Trinajstić information content (AvgIpc) is 2.21. The van der Waals surface area contributed by atoms with Gasteiger partial charge in [0, 0.05) is 0 Å². The number of carboxylic acids is 1. The van der Waals surface area contributed by atoms with Gasteiger partial charge in [0.05, 0.1) is 6.42 Å². The Bertz CT molecular complexity index is 369. The Balaban J connectivity index is 3.00. The first-order valence-corrected chi connectivity index (χ1v) is 5.84. The molecule has 16 heavy (non-hydrogen) atoms. The molecular formula is C14H20O2. The van der Waals surface area contributed by atoms with Crippen molar-refractivity contribution in [2.24, 2.45) is 0 Å². The minimum atomic E-state index is -0.709. The monoisotopic (exact) mass is 220 g/mol. The van der Waals surface area contributed by atoms with E-state index < -0.39 is 5.97 Å². The Morgan fingerprint density at radius 2 is 2.06 bits per heavy atom. The third-order valence-electron chi connectivity index (χ3n) is 3.14. The van der Waals surface area contributed by atoms with Crippen molar-refractivity contribution in [3.8, 4) is 0 Å². The summed E-state index contributed by atoms with van der Waals surface area (Å²) in [7, 11) is 0. The molecule has 0 spiro atoms. The summed E-state index contributed by atoms with van der Waals surface area (Å²) in [5.41, 5.74) is 3.68. The summed E-state index contributed by atoms with van der Waals surface area (Å²) in [6, 6.07) is 6.15. The lowest BCUT2D eigenvalue weighted by molar-refractivity contribution is -0.137. The fraction of sp³-hybridized carbons (Fsp3) is 0.500. The van der Waals surface area contributed by atoms with Gasteiger partial charge >= 0.3 is 5.97 Å². The number of carboxylic acid groups (broad SMARTS) is 1. The largest absolute Gasteiger partial charge is 0.481 e. The van der Waals surface area contributed by atoms with Crippen LogP contribution in [0.5, 0.6) is 0 Å². The van der Waals surface area contributed by atoms with Gasteiger partial charge in [-0.2, -0.15) is 0 Å². The van der Waals surface area contributed by atoms with Crippen LogP contribution in [0, 0.1) is 13.8 Å². The van der Waals surface area contributed by atoms with Crippen molar-refractivity contribution in [3.05, 3.63) is 34.9 Å². The van der Waals surface area contributed by atoms with Crippen molar-refractivity contribution >= 4 is 5.97 Å². The minimum absolute atomic E-state index is 0.155. The first kappa shape index (κ1) is 12.8. The van der Waals surface area contributed by atoms with E-state index in [0.29, 0.717) is 0 Å². The summed E-state index contributed by atoms with van der Waals surface area (Å²) in [6.45, 7) is 6.25. The van der Waals surface area contributed by atoms with E-state index in [-0.39, 0.29) is 12.3 Å². The molecular weight excluding hydrogens is 200 g/mol. The zero-order chi connectivity index (χ0) is 12.1. The zero-order valence-corrected chi connectivity index (χ0v) is 10.3. The molecule has 0 aliphatic carbocycles. The molecule has 0 aromatic heterocycles. The van der Waals surface area contributed by atoms with Crippen LogP contribution in [0.2, 0.25) is 0 Å². The first-order chi connectivity index (χ1) is 7.56. The van der Waals surface area contributed by atoms with Gasteiger partial charge in [-0.1, -0.05) is 31.5 Å². The molecule has 1 rings (SSSR count). The molecule has 1 atom stereocenters. The van der Waals surface area contributed by atoms with Gasteiger partial charge in [0.25, 0.3) is 0 Å². The Morgan fingerprint density at radius 3 is 2.62 bits per heavy atom. The van der Waals surface area contributed by atoms with Crippen LogP contribution in [0.15, 0.2) is 18.2 Å². The number of hydrogen-bond acceptors (Lipinski definition) is 1. The SMILES string of the molecule is CCCC(CC(=O)O)c1cccc(C)c1C. The van der Waals surface area contributed by atoms with Crippen molar-refractivity contribution in [2.75, 3.05) is 0 Å². The van der Waals surface area contributed by atoms with Crippen molar-refractivity contribution < 1.29 is 9.90 Å². The Morgan fingerprint density at radius 1 is 1.38 bits per heavy atom. The quantitative estimate of drug-likeness (QED) is 0.822. The molecule has 1 N–H and O–H groups in total. The topological polar surface area (TPSA) is 37.3 Å². The summed E-state index contributed by atoms with van der Waals surface area (Å²) in [6.07, 6.45) is 2.19. The van der Waals surface area contributed by atoms with Gasteiger partial charge in [0.2, 0.25) is 0 Å². The highest BCUT2D eigenvalue weighted by Gasteiger charge is 2.16. The maximum absolute atomic E-state index is 10.9. The van der Waals surface area contributed by atoms with Crippen LogP contribution in [0.1, 0.15) is 48.8 Å². The van der Waals surface area contributed by atoms with Crippen LogP contribution in [-0.4, -0.2) is 11.1 Å². The van der Waals surface area contributed by atoms with Gasteiger partial charge in [0.15, 0.2) is 0 Å². The molecule has 0 bridgehead atoms. The van der Waals surface area contributed by atoms with Gasteiger partial charge in [-0.05, 0) is 42.9 Å². The number of aliphatic carboxylic acids is 1. The third kappa shape index (κ3) is 3.09. The molecule has 2 heteroatoms. The molecule has 1 aromatic carbocycles. The summed E-state index contributed by atoms with van der Waals surface area (Å²) in [4.78, 5) is 10.9. The maximum Gasteiger partial charge on any atom is 0.303 e. The van der Waals surface area contributed by atoms with Crippen LogP contribution < -0.4 is 0 Å². The van der Waals surface area contributed by atoms with Gasteiger partial charge in [-0.25, -0.2) is 0 Å². The van der Waals surface area contributed by atoms with Crippen molar-refractivity contribution in [1.29, 1.82) is 0 Å². The Hall–Kier alpha value is -1.31. The summed E-state index contributed by atoms with van der Waals surface area (Å²) >= 11 is 0. The normalized spacial score (nSPS) is 12.4. The van der Waals surface area contributed by atoms with Crippen LogP contribution in [0.4, 0.5) is 0 Å². The van der Waals surface area contributed by atoms with E-state index in [4.69, 9.17) is 5.11 Å². The highest BCUT2D eigenvalue weighted by atomic mass is 16.4. The second kappa shape index (κ2) is 5.69. The highest BCUT2D eigenvalue weighted by Crippen LogP contribution is 2.28. The van der Waals surface area contributed by atoms with E-state index in [1.807, 2.05) is 6.07 Å². The lowest BCUT2D eigenvalue weighted by Gasteiger charge is -2.18. The van der Waals surface area contributed by atoms with Crippen LogP contribution in [0.25, 0.3) is 0 Å². The molecule has 0 saturated heterocycles. The lowest BCUT2D eigenvalue weighted by Crippen LogP contribution is -2.08. The number of rotatable bonds is 5. The molecule has 0 saturated carbocycles. The molecule has 0 fully saturated rings. The van der Waals surface area contributed by atoms with Crippen molar-refractivity contribution in [1.82, 2.24) is 0 Å². The average molecular weight is 220 g/mol. The summed E-state index contributed by atoms with van der Waals surface area (Å²) < 4.78 is 0. The Kier molecular flexibility index (Phi) is 4.53. The van der Waals surface area contributed by atoms with Crippen LogP contribution in [0.3, 0.4) is 0 Å². The predicted molar refractivity (Wildman–Crippen MR) is 65.8 cm³/mol. The lowest BCUT2D eigenvalue weighted by atomic mass is 9.87. The van der Waals surface area contributed by atoms with Gasteiger partial charge in [0.1, 0.15) is 0 Å². The molecule has 1 aromatic rings. The fourth-order valence-corrected chi connectivity index (χ4v) is 2.14. The predicted octanol–water partition coefficient (Wildman–Crippen LogP) is 3.66.